The number of carbonyl (C=O) groups excluding carboxylic acids is 1. The second-order valence-corrected chi connectivity index (χ2v) is 6.14. The molecule has 0 aliphatic rings. The van der Waals surface area contributed by atoms with Crippen LogP contribution in [0.25, 0.3) is 0 Å². The molecule has 1 unspecified atom stereocenters. The Morgan fingerprint density at radius 1 is 1.11 bits per heavy atom. The third-order valence-electron chi connectivity index (χ3n) is 4.29. The first-order valence-electron chi connectivity index (χ1n) is 8.66. The number of aryl methyl sites for hydroxylation is 1. The largest absolute Gasteiger partial charge is 0.497 e. The van der Waals surface area contributed by atoms with E-state index in [1.165, 1.54) is 0 Å². The molecule has 0 aliphatic heterocycles. The monoisotopic (exact) mass is 366 g/mol. The van der Waals surface area contributed by atoms with E-state index in [1.807, 2.05) is 61.5 Å². The van der Waals surface area contributed by atoms with E-state index in [1.54, 1.807) is 14.0 Å². The molecule has 6 heteroatoms. The third kappa shape index (κ3) is 4.47. The smallest absolute Gasteiger partial charge is 0.274 e. The molecule has 3 rings (SSSR count). The normalized spacial score (nSPS) is 11.7. The van der Waals surface area contributed by atoms with E-state index >= 15 is 0 Å². The Labute approximate surface area is 158 Å². The number of ether oxygens (including phenoxy) is 2. The first-order chi connectivity index (χ1) is 13.1. The fourth-order valence-electron chi connectivity index (χ4n) is 2.65. The summed E-state index contributed by atoms with van der Waals surface area (Å²) < 4.78 is 16.1. The van der Waals surface area contributed by atoms with Crippen LogP contribution < -0.4 is 14.8 Å². The summed E-state index contributed by atoms with van der Waals surface area (Å²) in [7, 11) is 1.62. The summed E-state index contributed by atoms with van der Waals surface area (Å²) in [5.74, 6) is 1.75. The Hall–Kier alpha value is -3.28. The van der Waals surface area contributed by atoms with Crippen molar-refractivity contribution in [2.45, 2.75) is 26.5 Å². The molecule has 27 heavy (non-hydrogen) atoms. The van der Waals surface area contributed by atoms with Gasteiger partial charge in [-0.05, 0) is 43.7 Å². The van der Waals surface area contributed by atoms with Crippen LogP contribution in [0.5, 0.6) is 11.5 Å². The van der Waals surface area contributed by atoms with Gasteiger partial charge in [-0.25, -0.2) is 0 Å². The zero-order chi connectivity index (χ0) is 19.2. The molecule has 1 amide bonds. The minimum Gasteiger partial charge on any atom is -0.497 e. The van der Waals surface area contributed by atoms with Crippen molar-refractivity contribution < 1.29 is 18.8 Å². The van der Waals surface area contributed by atoms with E-state index in [0.29, 0.717) is 11.3 Å². The second kappa shape index (κ2) is 8.40. The fourth-order valence-corrected chi connectivity index (χ4v) is 2.65. The maximum Gasteiger partial charge on any atom is 0.274 e. The number of aromatic nitrogens is 1. The van der Waals surface area contributed by atoms with Crippen LogP contribution in [0, 0.1) is 6.92 Å². The van der Waals surface area contributed by atoms with Crippen LogP contribution in [0.2, 0.25) is 0 Å². The lowest BCUT2D eigenvalue weighted by atomic mass is 10.1. The molecule has 0 saturated carbocycles. The topological polar surface area (TPSA) is 73.6 Å². The van der Waals surface area contributed by atoms with Gasteiger partial charge in [0, 0.05) is 0 Å². The number of hydrogen-bond donors (Lipinski definition) is 1. The molecule has 0 spiro atoms. The first-order valence-corrected chi connectivity index (χ1v) is 8.66. The maximum atomic E-state index is 12.7. The van der Waals surface area contributed by atoms with Crippen molar-refractivity contribution in [2.75, 3.05) is 7.11 Å². The van der Waals surface area contributed by atoms with Gasteiger partial charge >= 0.3 is 0 Å². The average molecular weight is 366 g/mol. The Kier molecular flexibility index (Phi) is 5.76. The number of carbonyl (C=O) groups is 1. The summed E-state index contributed by atoms with van der Waals surface area (Å²) in [6, 6.07) is 16.8. The SMILES string of the molecule is COc1ccc(C(C)NC(=O)c2noc(C)c2COc2ccccc2)cc1. The van der Waals surface area contributed by atoms with Crippen molar-refractivity contribution in [3.63, 3.8) is 0 Å². The highest BCUT2D eigenvalue weighted by molar-refractivity contribution is 5.94. The van der Waals surface area contributed by atoms with Crippen LogP contribution in [0.1, 0.15) is 40.3 Å². The molecule has 140 valence electrons. The molecule has 3 aromatic rings. The van der Waals surface area contributed by atoms with Crippen LogP contribution >= 0.6 is 0 Å². The van der Waals surface area contributed by atoms with Crippen molar-refractivity contribution in [3.8, 4) is 11.5 Å². The van der Waals surface area contributed by atoms with Gasteiger partial charge in [-0.3, -0.25) is 4.79 Å². The van der Waals surface area contributed by atoms with Crippen LogP contribution in [-0.2, 0) is 6.61 Å². The molecule has 1 heterocycles. The zero-order valence-corrected chi connectivity index (χ0v) is 15.6. The third-order valence-corrected chi connectivity index (χ3v) is 4.29. The molecule has 0 saturated heterocycles. The van der Waals surface area contributed by atoms with E-state index in [4.69, 9.17) is 14.0 Å². The second-order valence-electron chi connectivity index (χ2n) is 6.14. The van der Waals surface area contributed by atoms with Crippen molar-refractivity contribution in [3.05, 3.63) is 77.2 Å². The predicted molar refractivity (Wildman–Crippen MR) is 101 cm³/mol. The number of rotatable bonds is 7. The van der Waals surface area contributed by atoms with Gasteiger partial charge in [-0.2, -0.15) is 0 Å². The predicted octanol–water partition coefficient (Wildman–Crippen LogP) is 4.06. The van der Waals surface area contributed by atoms with Gasteiger partial charge in [0.15, 0.2) is 5.69 Å². The Morgan fingerprint density at radius 2 is 1.81 bits per heavy atom. The molecule has 0 fully saturated rings. The van der Waals surface area contributed by atoms with Gasteiger partial charge in [0.25, 0.3) is 5.91 Å². The number of benzene rings is 2. The maximum absolute atomic E-state index is 12.7. The van der Waals surface area contributed by atoms with E-state index < -0.39 is 0 Å². The minimum absolute atomic E-state index is 0.191. The molecule has 0 bridgehead atoms. The number of amides is 1. The lowest BCUT2D eigenvalue weighted by Gasteiger charge is -2.14. The summed E-state index contributed by atoms with van der Waals surface area (Å²) in [5.41, 5.74) is 1.84. The van der Waals surface area contributed by atoms with Crippen molar-refractivity contribution in [1.82, 2.24) is 10.5 Å². The lowest BCUT2D eigenvalue weighted by Crippen LogP contribution is -2.28. The zero-order valence-electron chi connectivity index (χ0n) is 15.6. The van der Waals surface area contributed by atoms with Gasteiger partial charge in [0.1, 0.15) is 23.9 Å². The number of nitrogens with one attached hydrogen (secondary N) is 1. The molecular formula is C21H22N2O4. The van der Waals surface area contributed by atoms with Crippen LogP contribution in [0.15, 0.2) is 59.1 Å². The van der Waals surface area contributed by atoms with E-state index in [2.05, 4.69) is 10.5 Å². The van der Waals surface area contributed by atoms with Crippen molar-refractivity contribution in [1.29, 1.82) is 0 Å². The van der Waals surface area contributed by atoms with E-state index in [9.17, 15) is 4.79 Å². The van der Waals surface area contributed by atoms with E-state index in [0.717, 1.165) is 17.1 Å². The summed E-state index contributed by atoms with van der Waals surface area (Å²) in [4.78, 5) is 12.7. The summed E-state index contributed by atoms with van der Waals surface area (Å²) >= 11 is 0. The first kappa shape index (κ1) is 18.5. The lowest BCUT2D eigenvalue weighted by molar-refractivity contribution is 0.0928. The Morgan fingerprint density at radius 3 is 2.48 bits per heavy atom. The van der Waals surface area contributed by atoms with Crippen molar-refractivity contribution in [2.24, 2.45) is 0 Å². The quantitative estimate of drug-likeness (QED) is 0.682. The van der Waals surface area contributed by atoms with Gasteiger partial charge in [-0.15, -0.1) is 0 Å². The van der Waals surface area contributed by atoms with Crippen LogP contribution in [-0.4, -0.2) is 18.2 Å². The Balaban J connectivity index is 1.69. The number of hydrogen-bond acceptors (Lipinski definition) is 5. The number of methoxy groups -OCH3 is 1. The minimum atomic E-state index is -0.304. The molecule has 1 atom stereocenters. The molecule has 0 aliphatic carbocycles. The standard InChI is InChI=1S/C21H22N2O4/c1-14(16-9-11-17(25-3)12-10-16)22-21(24)20-19(15(2)27-23-20)13-26-18-7-5-4-6-8-18/h4-12,14H,13H2,1-3H3,(H,22,24). The highest BCUT2D eigenvalue weighted by Crippen LogP contribution is 2.20. The molecule has 2 aromatic carbocycles. The van der Waals surface area contributed by atoms with Gasteiger partial charge < -0.3 is 19.3 Å². The number of para-hydroxylation sites is 1. The van der Waals surface area contributed by atoms with E-state index in [-0.39, 0.29) is 24.2 Å². The summed E-state index contributed by atoms with van der Waals surface area (Å²) in [6.45, 7) is 3.88. The molecule has 0 radical (unpaired) electrons. The average Bonchev–Trinajstić information content (AvgIpc) is 3.07. The molecule has 1 aromatic heterocycles. The van der Waals surface area contributed by atoms with Gasteiger partial charge in [0.2, 0.25) is 0 Å². The van der Waals surface area contributed by atoms with Gasteiger partial charge in [-0.1, -0.05) is 35.5 Å². The summed E-state index contributed by atoms with van der Waals surface area (Å²) in [5, 5.41) is 6.86. The fraction of sp³-hybridized carbons (Fsp3) is 0.238. The number of nitrogens with zero attached hydrogens (tertiary/aromatic N) is 1. The van der Waals surface area contributed by atoms with Gasteiger partial charge in [0.05, 0.1) is 18.7 Å². The highest BCUT2D eigenvalue weighted by Gasteiger charge is 2.22. The van der Waals surface area contributed by atoms with Crippen molar-refractivity contribution >= 4 is 5.91 Å². The summed E-state index contributed by atoms with van der Waals surface area (Å²) in [6.07, 6.45) is 0. The van der Waals surface area contributed by atoms with Crippen LogP contribution in [0.3, 0.4) is 0 Å². The molecule has 6 nitrogen and oxygen atoms in total. The highest BCUT2D eigenvalue weighted by atomic mass is 16.5. The molecule has 1 N–H and O–H groups in total. The molecular weight excluding hydrogens is 344 g/mol. The van der Waals surface area contributed by atoms with Crippen LogP contribution in [0.4, 0.5) is 0 Å². The Bertz CT molecular complexity index is 888.